The largest absolute Gasteiger partial charge is 0.309 e. The molecule has 2 aromatic heterocycles. The lowest BCUT2D eigenvalue weighted by Gasteiger charge is -2.19. The summed E-state index contributed by atoms with van der Waals surface area (Å²) in [5.74, 6) is 0.468. The number of imidazole rings is 1. The molecule has 0 saturated carbocycles. The Morgan fingerprint density at radius 2 is 1.93 bits per heavy atom. The van der Waals surface area contributed by atoms with Crippen molar-refractivity contribution in [2.45, 2.75) is 40.8 Å². The van der Waals surface area contributed by atoms with Crippen LogP contribution in [0.1, 0.15) is 25.2 Å². The average molecular weight is 368 g/mol. The first-order chi connectivity index (χ1) is 13.0. The molecule has 0 bridgehead atoms. The van der Waals surface area contributed by atoms with E-state index < -0.39 is 0 Å². The zero-order chi connectivity index (χ0) is 19.4. The van der Waals surface area contributed by atoms with Crippen LogP contribution in [0.4, 0.5) is 5.95 Å². The number of benzene rings is 1. The van der Waals surface area contributed by atoms with Gasteiger partial charge in [-0.05, 0) is 45.1 Å². The smallest absolute Gasteiger partial charge is 0.248 e. The van der Waals surface area contributed by atoms with Crippen molar-refractivity contribution >= 4 is 22.9 Å². The summed E-state index contributed by atoms with van der Waals surface area (Å²) in [4.78, 5) is 19.6. The summed E-state index contributed by atoms with van der Waals surface area (Å²) in [6, 6.07) is 9.94. The number of amides is 1. The molecule has 0 saturated heterocycles. The Bertz CT molecular complexity index is 922. The quantitative estimate of drug-likeness (QED) is 0.664. The second-order valence-corrected chi connectivity index (χ2v) is 6.74. The van der Waals surface area contributed by atoms with Crippen LogP contribution in [0.5, 0.6) is 0 Å². The summed E-state index contributed by atoms with van der Waals surface area (Å²) in [7, 11) is 0. The number of anilines is 1. The highest BCUT2D eigenvalue weighted by molar-refractivity contribution is 5.91. The molecule has 7 heteroatoms. The highest BCUT2D eigenvalue weighted by Crippen LogP contribution is 2.19. The number of nitrogens with zero attached hydrogens (tertiary/aromatic N) is 5. The number of carbonyl (C=O) groups is 1. The molecule has 0 aliphatic heterocycles. The number of hydrogen-bond acceptors (Lipinski definition) is 4. The van der Waals surface area contributed by atoms with Gasteiger partial charge in [0.1, 0.15) is 6.54 Å². The van der Waals surface area contributed by atoms with Crippen LogP contribution in [0.3, 0.4) is 0 Å². The molecule has 27 heavy (non-hydrogen) atoms. The Kier molecular flexibility index (Phi) is 5.91. The van der Waals surface area contributed by atoms with Crippen LogP contribution in [0.2, 0.25) is 0 Å². The standard InChI is InChI=1S/C20H28N6O/c1-5-24(6-2)11-12-25-18-10-8-7-9-17(18)21-20(25)22-19(27)14-26-16(4)13-15(3)23-26/h7-10,13H,5-6,11-12,14H2,1-4H3,(H,21,22,27). The fourth-order valence-electron chi connectivity index (χ4n) is 3.31. The van der Waals surface area contributed by atoms with Crippen molar-refractivity contribution in [3.8, 4) is 0 Å². The molecule has 0 radical (unpaired) electrons. The summed E-state index contributed by atoms with van der Waals surface area (Å²) in [5, 5.41) is 7.34. The van der Waals surface area contributed by atoms with Gasteiger partial charge in [0.2, 0.25) is 11.9 Å². The summed E-state index contributed by atoms with van der Waals surface area (Å²) in [5.41, 5.74) is 3.80. The second kappa shape index (κ2) is 8.35. The van der Waals surface area contributed by atoms with Gasteiger partial charge in [-0.3, -0.25) is 14.8 Å². The van der Waals surface area contributed by atoms with Gasteiger partial charge in [-0.1, -0.05) is 26.0 Å². The number of hydrogen-bond donors (Lipinski definition) is 1. The Labute approximate surface area is 160 Å². The van der Waals surface area contributed by atoms with E-state index in [-0.39, 0.29) is 12.5 Å². The molecule has 2 heterocycles. The van der Waals surface area contributed by atoms with Gasteiger partial charge in [-0.2, -0.15) is 5.10 Å². The molecular formula is C20H28N6O. The number of para-hydroxylation sites is 2. The first kappa shape index (κ1) is 19.1. The normalized spacial score (nSPS) is 11.4. The molecule has 7 nitrogen and oxygen atoms in total. The molecule has 3 rings (SSSR count). The lowest BCUT2D eigenvalue weighted by atomic mass is 10.3. The van der Waals surface area contributed by atoms with Crippen LogP contribution >= 0.6 is 0 Å². The summed E-state index contributed by atoms with van der Waals surface area (Å²) < 4.78 is 3.81. The van der Waals surface area contributed by atoms with Gasteiger partial charge < -0.3 is 9.47 Å². The first-order valence-corrected chi connectivity index (χ1v) is 9.50. The lowest BCUT2D eigenvalue weighted by molar-refractivity contribution is -0.117. The summed E-state index contributed by atoms with van der Waals surface area (Å²) in [6.45, 7) is 12.1. The Balaban J connectivity index is 1.81. The number of rotatable bonds is 8. The van der Waals surface area contributed by atoms with Crippen molar-refractivity contribution in [1.82, 2.24) is 24.2 Å². The maximum absolute atomic E-state index is 12.6. The van der Waals surface area contributed by atoms with Gasteiger partial charge in [0, 0.05) is 18.8 Å². The van der Waals surface area contributed by atoms with Gasteiger partial charge in [0.15, 0.2) is 0 Å². The van der Waals surface area contributed by atoms with E-state index in [4.69, 9.17) is 0 Å². The maximum atomic E-state index is 12.6. The topological polar surface area (TPSA) is 68.0 Å². The maximum Gasteiger partial charge on any atom is 0.248 e. The second-order valence-electron chi connectivity index (χ2n) is 6.74. The third kappa shape index (κ3) is 4.36. The van der Waals surface area contributed by atoms with Crippen LogP contribution in [-0.2, 0) is 17.9 Å². The van der Waals surface area contributed by atoms with E-state index in [1.807, 2.05) is 44.2 Å². The predicted molar refractivity (Wildman–Crippen MR) is 108 cm³/mol. The number of aromatic nitrogens is 4. The van der Waals surface area contributed by atoms with Gasteiger partial charge in [0.05, 0.1) is 16.7 Å². The fraction of sp³-hybridized carbons (Fsp3) is 0.450. The molecule has 0 unspecified atom stereocenters. The minimum Gasteiger partial charge on any atom is -0.309 e. The van der Waals surface area contributed by atoms with Crippen molar-refractivity contribution in [3.63, 3.8) is 0 Å². The summed E-state index contributed by atoms with van der Waals surface area (Å²) >= 11 is 0. The van der Waals surface area contributed by atoms with Crippen molar-refractivity contribution in [2.75, 3.05) is 25.0 Å². The third-order valence-corrected chi connectivity index (χ3v) is 4.84. The molecule has 1 N–H and O–H groups in total. The van der Waals surface area contributed by atoms with E-state index >= 15 is 0 Å². The Morgan fingerprint density at radius 3 is 2.59 bits per heavy atom. The molecule has 1 amide bonds. The van der Waals surface area contributed by atoms with E-state index in [0.717, 1.165) is 48.6 Å². The molecule has 0 fully saturated rings. The number of nitrogens with one attached hydrogen (secondary N) is 1. The molecule has 1 aromatic carbocycles. The molecule has 0 aliphatic rings. The minimum absolute atomic E-state index is 0.124. The van der Waals surface area contributed by atoms with Crippen LogP contribution in [0, 0.1) is 13.8 Å². The molecule has 0 spiro atoms. The number of carbonyl (C=O) groups excluding carboxylic acids is 1. The predicted octanol–water partition coefficient (Wildman–Crippen LogP) is 2.83. The minimum atomic E-state index is -0.124. The Hall–Kier alpha value is -2.67. The van der Waals surface area contributed by atoms with Crippen LogP contribution in [0.15, 0.2) is 30.3 Å². The van der Waals surface area contributed by atoms with Gasteiger partial charge in [-0.15, -0.1) is 0 Å². The monoisotopic (exact) mass is 368 g/mol. The van der Waals surface area contributed by atoms with E-state index in [1.54, 1.807) is 4.68 Å². The van der Waals surface area contributed by atoms with Crippen molar-refractivity contribution in [2.24, 2.45) is 0 Å². The summed E-state index contributed by atoms with van der Waals surface area (Å²) in [6.07, 6.45) is 0. The van der Waals surface area contributed by atoms with E-state index in [9.17, 15) is 4.79 Å². The van der Waals surface area contributed by atoms with Crippen molar-refractivity contribution in [1.29, 1.82) is 0 Å². The van der Waals surface area contributed by atoms with Gasteiger partial charge in [0.25, 0.3) is 0 Å². The van der Waals surface area contributed by atoms with Crippen molar-refractivity contribution < 1.29 is 4.79 Å². The molecule has 0 atom stereocenters. The zero-order valence-electron chi connectivity index (χ0n) is 16.6. The highest BCUT2D eigenvalue weighted by atomic mass is 16.2. The van der Waals surface area contributed by atoms with Crippen LogP contribution < -0.4 is 5.32 Å². The van der Waals surface area contributed by atoms with Crippen LogP contribution in [-0.4, -0.2) is 49.8 Å². The first-order valence-electron chi connectivity index (χ1n) is 9.50. The fourth-order valence-corrected chi connectivity index (χ4v) is 3.31. The number of likely N-dealkylation sites (N-methyl/N-ethyl adjacent to an activating group) is 1. The molecular weight excluding hydrogens is 340 g/mol. The van der Waals surface area contributed by atoms with E-state index in [0.29, 0.717) is 5.95 Å². The average Bonchev–Trinajstić information content (AvgIpc) is 3.14. The third-order valence-electron chi connectivity index (χ3n) is 4.84. The van der Waals surface area contributed by atoms with Crippen LogP contribution in [0.25, 0.3) is 11.0 Å². The molecule has 3 aromatic rings. The molecule has 0 aliphatic carbocycles. The van der Waals surface area contributed by atoms with Crippen molar-refractivity contribution in [3.05, 3.63) is 41.7 Å². The van der Waals surface area contributed by atoms with Gasteiger partial charge >= 0.3 is 0 Å². The zero-order valence-corrected chi connectivity index (χ0v) is 16.6. The highest BCUT2D eigenvalue weighted by Gasteiger charge is 2.15. The number of aryl methyl sites for hydroxylation is 2. The Morgan fingerprint density at radius 1 is 1.19 bits per heavy atom. The lowest BCUT2D eigenvalue weighted by Crippen LogP contribution is -2.28. The van der Waals surface area contributed by atoms with E-state index in [2.05, 4.69) is 38.7 Å². The number of fused-ring (bicyclic) bond motifs is 1. The van der Waals surface area contributed by atoms with E-state index in [1.165, 1.54) is 0 Å². The molecule has 144 valence electrons. The van der Waals surface area contributed by atoms with Gasteiger partial charge in [-0.25, -0.2) is 4.98 Å². The SMILES string of the molecule is CCN(CC)CCn1c(NC(=O)Cn2nc(C)cc2C)nc2ccccc21.